The summed E-state index contributed by atoms with van der Waals surface area (Å²) >= 11 is 0. The molecule has 1 N–H and O–H groups in total. The van der Waals surface area contributed by atoms with Gasteiger partial charge in [0, 0.05) is 28.7 Å². The SMILES string of the molecule is c1ccc2c(c1)c(-c1nn[nH]n1)cn2C1CC1. The quantitative estimate of drug-likeness (QED) is 0.727. The van der Waals surface area contributed by atoms with Crippen LogP contribution in [-0.4, -0.2) is 25.2 Å². The summed E-state index contributed by atoms with van der Waals surface area (Å²) in [4.78, 5) is 0. The summed E-state index contributed by atoms with van der Waals surface area (Å²) in [5, 5.41) is 15.5. The number of aromatic nitrogens is 5. The number of fused-ring (bicyclic) bond motifs is 1. The molecule has 17 heavy (non-hydrogen) atoms. The third-order valence-corrected chi connectivity index (χ3v) is 3.27. The van der Waals surface area contributed by atoms with Gasteiger partial charge in [0.2, 0.25) is 5.82 Å². The lowest BCUT2D eigenvalue weighted by atomic mass is 10.2. The maximum Gasteiger partial charge on any atom is 0.206 e. The molecule has 0 bridgehead atoms. The normalized spacial score (nSPS) is 15.5. The van der Waals surface area contributed by atoms with Crippen molar-refractivity contribution in [3.63, 3.8) is 0 Å². The van der Waals surface area contributed by atoms with Gasteiger partial charge in [-0.05, 0) is 24.1 Å². The lowest BCUT2D eigenvalue weighted by molar-refractivity contribution is 0.776. The molecule has 84 valence electrons. The topological polar surface area (TPSA) is 59.4 Å². The number of tetrazole rings is 1. The Kier molecular flexibility index (Phi) is 1.66. The Morgan fingerprint density at radius 3 is 2.88 bits per heavy atom. The summed E-state index contributed by atoms with van der Waals surface area (Å²) in [6, 6.07) is 9.03. The molecule has 0 spiro atoms. The standard InChI is InChI=1S/C12H11N5/c1-2-4-11-9(3-1)10(12-13-15-16-14-12)7-17(11)8-5-6-8/h1-4,7-8H,5-6H2,(H,13,14,15,16). The largest absolute Gasteiger partial charge is 0.344 e. The number of nitrogens with zero attached hydrogens (tertiary/aromatic N) is 4. The third-order valence-electron chi connectivity index (χ3n) is 3.27. The zero-order chi connectivity index (χ0) is 11.2. The second-order valence-electron chi connectivity index (χ2n) is 4.43. The fraction of sp³-hybridized carbons (Fsp3) is 0.250. The van der Waals surface area contributed by atoms with Gasteiger partial charge in [-0.25, -0.2) is 0 Å². The van der Waals surface area contributed by atoms with Gasteiger partial charge in [-0.2, -0.15) is 5.21 Å². The average Bonchev–Trinajstić information content (AvgIpc) is 2.93. The fourth-order valence-electron chi connectivity index (χ4n) is 2.31. The number of hydrogen-bond donors (Lipinski definition) is 1. The summed E-state index contributed by atoms with van der Waals surface area (Å²) in [6.07, 6.45) is 4.68. The highest BCUT2D eigenvalue weighted by Crippen LogP contribution is 2.40. The predicted molar refractivity (Wildman–Crippen MR) is 63.4 cm³/mol. The molecule has 1 aromatic carbocycles. The minimum atomic E-state index is 0.653. The van der Waals surface area contributed by atoms with E-state index in [2.05, 4.69) is 49.6 Å². The summed E-state index contributed by atoms with van der Waals surface area (Å²) in [7, 11) is 0. The summed E-state index contributed by atoms with van der Waals surface area (Å²) in [5.41, 5.74) is 2.32. The fourth-order valence-corrected chi connectivity index (χ4v) is 2.31. The van der Waals surface area contributed by atoms with Crippen LogP contribution in [0.1, 0.15) is 18.9 Å². The van der Waals surface area contributed by atoms with Crippen molar-refractivity contribution in [2.75, 3.05) is 0 Å². The van der Waals surface area contributed by atoms with E-state index in [1.54, 1.807) is 0 Å². The van der Waals surface area contributed by atoms with Crippen LogP contribution in [0.2, 0.25) is 0 Å². The number of nitrogens with one attached hydrogen (secondary N) is 1. The molecule has 1 aliphatic rings. The van der Waals surface area contributed by atoms with Crippen molar-refractivity contribution in [3.05, 3.63) is 30.5 Å². The molecule has 2 aromatic heterocycles. The van der Waals surface area contributed by atoms with E-state index in [9.17, 15) is 0 Å². The van der Waals surface area contributed by atoms with E-state index in [1.165, 1.54) is 23.7 Å². The van der Waals surface area contributed by atoms with Crippen molar-refractivity contribution in [2.45, 2.75) is 18.9 Å². The van der Waals surface area contributed by atoms with Gasteiger partial charge in [0.15, 0.2) is 0 Å². The number of para-hydroxylation sites is 1. The van der Waals surface area contributed by atoms with Gasteiger partial charge in [0.05, 0.1) is 0 Å². The molecule has 2 heterocycles. The number of aromatic amines is 1. The molecule has 1 fully saturated rings. The van der Waals surface area contributed by atoms with Crippen molar-refractivity contribution >= 4 is 10.9 Å². The van der Waals surface area contributed by atoms with Crippen LogP contribution in [0.15, 0.2) is 30.5 Å². The van der Waals surface area contributed by atoms with Crippen LogP contribution in [0.4, 0.5) is 0 Å². The van der Waals surface area contributed by atoms with Gasteiger partial charge < -0.3 is 4.57 Å². The Morgan fingerprint density at radius 2 is 2.12 bits per heavy atom. The zero-order valence-electron chi connectivity index (χ0n) is 9.17. The molecule has 1 saturated carbocycles. The lowest BCUT2D eigenvalue weighted by Crippen LogP contribution is -1.89. The van der Waals surface area contributed by atoms with Crippen molar-refractivity contribution in [3.8, 4) is 11.4 Å². The molecular weight excluding hydrogens is 214 g/mol. The maximum absolute atomic E-state index is 4.07. The summed E-state index contributed by atoms with van der Waals surface area (Å²) < 4.78 is 2.33. The van der Waals surface area contributed by atoms with Gasteiger partial charge >= 0.3 is 0 Å². The Balaban J connectivity index is 2.03. The Bertz CT molecular complexity index is 663. The van der Waals surface area contributed by atoms with Crippen LogP contribution >= 0.6 is 0 Å². The van der Waals surface area contributed by atoms with Crippen molar-refractivity contribution in [1.82, 2.24) is 25.2 Å². The van der Waals surface area contributed by atoms with Crippen LogP contribution in [0, 0.1) is 0 Å². The van der Waals surface area contributed by atoms with E-state index in [-0.39, 0.29) is 0 Å². The molecule has 3 aromatic rings. The van der Waals surface area contributed by atoms with Gasteiger partial charge in [0.25, 0.3) is 0 Å². The van der Waals surface area contributed by atoms with Crippen LogP contribution in [-0.2, 0) is 0 Å². The lowest BCUT2D eigenvalue weighted by Gasteiger charge is -2.00. The molecule has 5 heteroatoms. The molecule has 0 radical (unpaired) electrons. The molecule has 0 atom stereocenters. The first-order valence-electron chi connectivity index (χ1n) is 5.77. The second kappa shape index (κ2) is 3.16. The van der Waals surface area contributed by atoms with Crippen molar-refractivity contribution in [1.29, 1.82) is 0 Å². The number of H-pyrrole nitrogens is 1. The highest BCUT2D eigenvalue weighted by molar-refractivity contribution is 5.94. The van der Waals surface area contributed by atoms with Crippen LogP contribution in [0.3, 0.4) is 0 Å². The molecule has 0 aliphatic heterocycles. The molecular formula is C12H11N5. The Labute approximate surface area is 97.5 Å². The smallest absolute Gasteiger partial charge is 0.206 e. The number of hydrogen-bond acceptors (Lipinski definition) is 3. The predicted octanol–water partition coefficient (Wildman–Crippen LogP) is 2.16. The third kappa shape index (κ3) is 1.28. The summed E-state index contributed by atoms with van der Waals surface area (Å²) in [6.45, 7) is 0. The minimum Gasteiger partial charge on any atom is -0.344 e. The van der Waals surface area contributed by atoms with Crippen molar-refractivity contribution < 1.29 is 0 Å². The van der Waals surface area contributed by atoms with Gasteiger partial charge in [-0.3, -0.25) is 0 Å². The van der Waals surface area contributed by atoms with E-state index in [4.69, 9.17) is 0 Å². The van der Waals surface area contributed by atoms with E-state index in [1.807, 2.05) is 6.07 Å². The molecule has 5 nitrogen and oxygen atoms in total. The van der Waals surface area contributed by atoms with E-state index in [0.717, 1.165) is 5.56 Å². The van der Waals surface area contributed by atoms with Crippen LogP contribution in [0.25, 0.3) is 22.3 Å². The van der Waals surface area contributed by atoms with Gasteiger partial charge in [-0.1, -0.05) is 18.2 Å². The monoisotopic (exact) mass is 225 g/mol. The van der Waals surface area contributed by atoms with Gasteiger partial charge in [0.1, 0.15) is 0 Å². The Morgan fingerprint density at radius 1 is 1.24 bits per heavy atom. The Hall–Kier alpha value is -2.17. The first kappa shape index (κ1) is 8.92. The highest BCUT2D eigenvalue weighted by atomic mass is 15.5. The van der Waals surface area contributed by atoms with E-state index < -0.39 is 0 Å². The van der Waals surface area contributed by atoms with Crippen molar-refractivity contribution in [2.24, 2.45) is 0 Å². The second-order valence-corrected chi connectivity index (χ2v) is 4.43. The van der Waals surface area contributed by atoms with Crippen LogP contribution < -0.4 is 0 Å². The first-order valence-corrected chi connectivity index (χ1v) is 5.77. The molecule has 4 rings (SSSR count). The minimum absolute atomic E-state index is 0.653. The maximum atomic E-state index is 4.07. The zero-order valence-corrected chi connectivity index (χ0v) is 9.17. The number of benzene rings is 1. The molecule has 0 saturated heterocycles. The van der Waals surface area contributed by atoms with E-state index in [0.29, 0.717) is 11.9 Å². The highest BCUT2D eigenvalue weighted by Gasteiger charge is 2.26. The summed E-state index contributed by atoms with van der Waals surface area (Å²) in [5.74, 6) is 0.667. The molecule has 1 aliphatic carbocycles. The average molecular weight is 225 g/mol. The molecule has 0 unspecified atom stereocenters. The molecule has 0 amide bonds. The van der Waals surface area contributed by atoms with Gasteiger partial charge in [-0.15, -0.1) is 10.2 Å². The number of rotatable bonds is 2. The van der Waals surface area contributed by atoms with Crippen LogP contribution in [0.5, 0.6) is 0 Å². The van der Waals surface area contributed by atoms with E-state index >= 15 is 0 Å². The first-order chi connectivity index (χ1) is 8.43.